The van der Waals surface area contributed by atoms with Crippen molar-refractivity contribution in [1.82, 2.24) is 15.1 Å². The van der Waals surface area contributed by atoms with Crippen LogP contribution in [-0.4, -0.2) is 61.0 Å². The van der Waals surface area contributed by atoms with E-state index in [4.69, 9.17) is 0 Å². The minimum Gasteiger partial charge on any atom is -0.356 e. The van der Waals surface area contributed by atoms with E-state index < -0.39 is 0 Å². The van der Waals surface area contributed by atoms with Gasteiger partial charge >= 0.3 is 0 Å². The number of hydrogen-bond acceptors (Lipinski definition) is 3. The van der Waals surface area contributed by atoms with Gasteiger partial charge < -0.3 is 15.1 Å². The van der Waals surface area contributed by atoms with E-state index in [1.807, 2.05) is 6.92 Å². The summed E-state index contributed by atoms with van der Waals surface area (Å²) in [5, 5.41) is 2.88. The number of nitrogens with zero attached hydrogens (tertiary/aromatic N) is 2. The Morgan fingerprint density at radius 2 is 1.75 bits per heavy atom. The minimum atomic E-state index is 0.205. The molecule has 2 saturated heterocycles. The van der Waals surface area contributed by atoms with Crippen LogP contribution in [-0.2, 0) is 4.79 Å². The minimum absolute atomic E-state index is 0.205. The van der Waals surface area contributed by atoms with Crippen molar-refractivity contribution in [2.45, 2.75) is 71.8 Å². The Bertz CT molecular complexity index is 358. The van der Waals surface area contributed by atoms with E-state index in [0.717, 1.165) is 37.4 Å². The van der Waals surface area contributed by atoms with Crippen molar-refractivity contribution in [1.29, 1.82) is 0 Å². The molecule has 0 aromatic carbocycles. The van der Waals surface area contributed by atoms with Crippen LogP contribution in [0.25, 0.3) is 0 Å². The maximum atomic E-state index is 11.5. The lowest BCUT2D eigenvalue weighted by molar-refractivity contribution is -0.121. The molecule has 140 valence electrons. The zero-order chi connectivity index (χ0) is 17.4. The lowest BCUT2D eigenvalue weighted by Gasteiger charge is -2.42. The summed E-state index contributed by atoms with van der Waals surface area (Å²) < 4.78 is 0. The highest BCUT2D eigenvalue weighted by Gasteiger charge is 2.29. The molecular formula is C20H39N3O. The summed E-state index contributed by atoms with van der Waals surface area (Å²) in [5.41, 5.74) is 0. The highest BCUT2D eigenvalue weighted by atomic mass is 16.1. The van der Waals surface area contributed by atoms with Crippen molar-refractivity contribution < 1.29 is 4.79 Å². The van der Waals surface area contributed by atoms with Gasteiger partial charge in [0.25, 0.3) is 0 Å². The molecule has 0 radical (unpaired) electrons. The van der Waals surface area contributed by atoms with Crippen LogP contribution in [0, 0.1) is 11.8 Å². The van der Waals surface area contributed by atoms with Gasteiger partial charge in [0.05, 0.1) is 0 Å². The van der Waals surface area contributed by atoms with Gasteiger partial charge in [-0.1, -0.05) is 20.3 Å². The maximum absolute atomic E-state index is 11.5. The van der Waals surface area contributed by atoms with Gasteiger partial charge in [0.2, 0.25) is 5.91 Å². The number of amides is 1. The number of nitrogens with one attached hydrogen (secondary N) is 1. The van der Waals surface area contributed by atoms with Gasteiger partial charge in [0.15, 0.2) is 0 Å². The summed E-state index contributed by atoms with van der Waals surface area (Å²) in [6.07, 6.45) is 8.45. The SMILES string of the molecule is CCNC(=O)CCCN1CCC(N2CCC(C(C)CC)CC2)CC1. The molecule has 0 aromatic rings. The first-order valence-electron chi connectivity index (χ1n) is 10.4. The number of hydrogen-bond donors (Lipinski definition) is 1. The van der Waals surface area contributed by atoms with Gasteiger partial charge in [0, 0.05) is 19.0 Å². The maximum Gasteiger partial charge on any atom is 0.220 e. The van der Waals surface area contributed by atoms with Crippen molar-refractivity contribution in [3.05, 3.63) is 0 Å². The molecule has 0 aliphatic carbocycles. The van der Waals surface area contributed by atoms with Crippen LogP contribution in [0.2, 0.25) is 0 Å². The summed E-state index contributed by atoms with van der Waals surface area (Å²) in [7, 11) is 0. The largest absolute Gasteiger partial charge is 0.356 e. The lowest BCUT2D eigenvalue weighted by Crippen LogP contribution is -2.48. The Morgan fingerprint density at radius 3 is 2.33 bits per heavy atom. The first-order chi connectivity index (χ1) is 11.6. The van der Waals surface area contributed by atoms with Crippen LogP contribution in [0.1, 0.15) is 65.7 Å². The van der Waals surface area contributed by atoms with Gasteiger partial charge in [-0.3, -0.25) is 4.79 Å². The number of rotatable bonds is 8. The predicted octanol–water partition coefficient (Wildman–Crippen LogP) is 3.13. The van der Waals surface area contributed by atoms with Crippen LogP contribution in [0.15, 0.2) is 0 Å². The molecule has 0 aromatic heterocycles. The van der Waals surface area contributed by atoms with Gasteiger partial charge in [-0.15, -0.1) is 0 Å². The molecule has 0 saturated carbocycles. The van der Waals surface area contributed by atoms with Gasteiger partial charge in [-0.25, -0.2) is 0 Å². The molecule has 4 nitrogen and oxygen atoms in total. The molecule has 2 fully saturated rings. The number of likely N-dealkylation sites (tertiary alicyclic amines) is 2. The predicted molar refractivity (Wildman–Crippen MR) is 101 cm³/mol. The van der Waals surface area contributed by atoms with Crippen LogP contribution in [0.5, 0.6) is 0 Å². The molecular weight excluding hydrogens is 298 g/mol. The Balaban J connectivity index is 1.60. The zero-order valence-electron chi connectivity index (χ0n) is 16.2. The quantitative estimate of drug-likeness (QED) is 0.739. The van der Waals surface area contributed by atoms with Crippen LogP contribution in [0.4, 0.5) is 0 Å². The van der Waals surface area contributed by atoms with Gasteiger partial charge in [0.1, 0.15) is 0 Å². The molecule has 1 atom stereocenters. The first kappa shape index (κ1) is 19.7. The molecule has 2 heterocycles. The topological polar surface area (TPSA) is 35.6 Å². The van der Waals surface area contributed by atoms with E-state index in [0.29, 0.717) is 6.42 Å². The van der Waals surface area contributed by atoms with Crippen molar-refractivity contribution in [2.24, 2.45) is 11.8 Å². The Morgan fingerprint density at radius 1 is 1.08 bits per heavy atom. The number of piperidine rings is 2. The first-order valence-corrected chi connectivity index (χ1v) is 10.4. The summed E-state index contributed by atoms with van der Waals surface area (Å²) in [6.45, 7) is 13.6. The average molecular weight is 338 g/mol. The fourth-order valence-electron chi connectivity index (χ4n) is 4.44. The third-order valence-electron chi connectivity index (χ3n) is 6.35. The van der Waals surface area contributed by atoms with Crippen molar-refractivity contribution >= 4 is 5.91 Å². The van der Waals surface area contributed by atoms with E-state index in [1.165, 1.54) is 58.3 Å². The van der Waals surface area contributed by atoms with E-state index in [1.54, 1.807) is 0 Å². The zero-order valence-corrected chi connectivity index (χ0v) is 16.2. The van der Waals surface area contributed by atoms with E-state index in [2.05, 4.69) is 29.0 Å². The highest BCUT2D eigenvalue weighted by Crippen LogP contribution is 2.29. The molecule has 1 amide bonds. The van der Waals surface area contributed by atoms with Crippen LogP contribution >= 0.6 is 0 Å². The molecule has 0 bridgehead atoms. The molecule has 1 unspecified atom stereocenters. The van der Waals surface area contributed by atoms with Gasteiger partial charge in [-0.2, -0.15) is 0 Å². The number of carbonyl (C=O) groups excluding carboxylic acids is 1. The second-order valence-corrected chi connectivity index (χ2v) is 7.89. The second-order valence-electron chi connectivity index (χ2n) is 7.89. The number of carbonyl (C=O) groups is 1. The summed E-state index contributed by atoms with van der Waals surface area (Å²) in [5.74, 6) is 2.07. The Labute approximate surface area is 149 Å². The smallest absolute Gasteiger partial charge is 0.220 e. The van der Waals surface area contributed by atoms with Crippen molar-refractivity contribution in [3.63, 3.8) is 0 Å². The second kappa shape index (κ2) is 10.4. The molecule has 24 heavy (non-hydrogen) atoms. The molecule has 2 aliphatic rings. The standard InChI is InChI=1S/C20H39N3O/c1-4-17(3)18-8-15-23(16-9-18)19-10-13-22(14-11-19)12-6-7-20(24)21-5-2/h17-19H,4-16H2,1-3H3,(H,21,24). The van der Waals surface area contributed by atoms with Crippen LogP contribution in [0.3, 0.4) is 0 Å². The van der Waals surface area contributed by atoms with E-state index in [9.17, 15) is 4.79 Å². The third-order valence-corrected chi connectivity index (χ3v) is 6.35. The summed E-state index contributed by atoms with van der Waals surface area (Å²) in [6, 6.07) is 0.808. The highest BCUT2D eigenvalue weighted by molar-refractivity contribution is 5.75. The van der Waals surface area contributed by atoms with E-state index >= 15 is 0 Å². The third kappa shape index (κ3) is 6.03. The molecule has 2 aliphatic heterocycles. The van der Waals surface area contributed by atoms with Gasteiger partial charge in [-0.05, 0) is 83.6 Å². The summed E-state index contributed by atoms with van der Waals surface area (Å²) >= 11 is 0. The van der Waals surface area contributed by atoms with Crippen molar-refractivity contribution in [2.75, 3.05) is 39.3 Å². The monoisotopic (exact) mass is 337 g/mol. The van der Waals surface area contributed by atoms with Crippen LogP contribution < -0.4 is 5.32 Å². The molecule has 1 N–H and O–H groups in total. The average Bonchev–Trinajstić information content (AvgIpc) is 2.62. The summed E-state index contributed by atoms with van der Waals surface area (Å²) in [4.78, 5) is 16.8. The normalized spacial score (nSPS) is 23.3. The lowest BCUT2D eigenvalue weighted by atomic mass is 9.83. The Kier molecular flexibility index (Phi) is 8.54. The molecule has 4 heteroatoms. The fraction of sp³-hybridized carbons (Fsp3) is 0.950. The van der Waals surface area contributed by atoms with Crippen molar-refractivity contribution in [3.8, 4) is 0 Å². The fourth-order valence-corrected chi connectivity index (χ4v) is 4.44. The Hall–Kier alpha value is -0.610. The molecule has 2 rings (SSSR count). The molecule has 0 spiro atoms. The van der Waals surface area contributed by atoms with E-state index in [-0.39, 0.29) is 5.91 Å².